The van der Waals surface area contributed by atoms with Crippen molar-refractivity contribution in [2.24, 2.45) is 23.0 Å². The van der Waals surface area contributed by atoms with Gasteiger partial charge in [-0.3, -0.25) is 14.4 Å². The summed E-state index contributed by atoms with van der Waals surface area (Å²) in [6.45, 7) is 5.86. The number of primary amides is 1. The third kappa shape index (κ3) is 5.80. The van der Waals surface area contributed by atoms with Crippen molar-refractivity contribution in [3.8, 4) is 5.75 Å². The molecule has 2 aromatic carbocycles. The molecule has 2 aromatic rings. The Morgan fingerprint density at radius 3 is 2.27 bits per heavy atom. The Kier molecular flexibility index (Phi) is 9.46. The number of carbonyl (C=O) groups is 3. The number of nitrogens with two attached hydrogens (primary N) is 1. The van der Waals surface area contributed by atoms with E-state index >= 15 is 0 Å². The molecular weight excluding hydrogens is 560 g/mol. The van der Waals surface area contributed by atoms with Crippen molar-refractivity contribution < 1.29 is 29.7 Å². The average molecular weight is 607 g/mol. The van der Waals surface area contributed by atoms with E-state index in [2.05, 4.69) is 31.3 Å². The number of phenols is 1. The molecule has 1 saturated carbocycles. The molecule has 2 aliphatic carbocycles. The summed E-state index contributed by atoms with van der Waals surface area (Å²) in [5, 5.41) is 36.9. The molecule has 0 heterocycles. The summed E-state index contributed by atoms with van der Waals surface area (Å²) in [6.07, 6.45) is -0.00249. The van der Waals surface area contributed by atoms with Gasteiger partial charge in [0.15, 0.2) is 11.6 Å². The van der Waals surface area contributed by atoms with Crippen molar-refractivity contribution in [3.05, 3.63) is 58.2 Å². The SMILES string of the molecule is CC(C)c1ccc(CNc2cc(N(C)C)c3c(c2O)C(O)=C2C(=O)[C@](C)(C(=O)CC(N)=O)[C@H]([C@@H](CO)N(C)C)C[C@@H]2C3)cc1. The van der Waals surface area contributed by atoms with Crippen molar-refractivity contribution in [2.75, 3.05) is 45.0 Å². The summed E-state index contributed by atoms with van der Waals surface area (Å²) in [6, 6.07) is 9.49. The lowest BCUT2D eigenvalue weighted by atomic mass is 9.55. The molecule has 4 rings (SSSR count). The minimum Gasteiger partial charge on any atom is -0.507 e. The van der Waals surface area contributed by atoms with Gasteiger partial charge in [-0.15, -0.1) is 0 Å². The molecule has 0 aliphatic heterocycles. The average Bonchev–Trinajstić information content (AvgIpc) is 2.94. The molecule has 0 bridgehead atoms. The van der Waals surface area contributed by atoms with Gasteiger partial charge < -0.3 is 36.2 Å². The van der Waals surface area contributed by atoms with E-state index < -0.39 is 47.2 Å². The topological polar surface area (TPSA) is 156 Å². The Balaban J connectivity index is 1.83. The fourth-order valence-electron chi connectivity index (χ4n) is 6.94. The lowest BCUT2D eigenvalue weighted by molar-refractivity contribution is -0.148. The molecule has 6 N–H and O–H groups in total. The van der Waals surface area contributed by atoms with Crippen LogP contribution < -0.4 is 16.0 Å². The number of aliphatic hydroxyl groups is 2. The predicted molar refractivity (Wildman–Crippen MR) is 172 cm³/mol. The summed E-state index contributed by atoms with van der Waals surface area (Å²) >= 11 is 0. The standard InChI is InChI=1S/C34H46N4O6/c1-18(2)20-10-8-19(9-11-20)16-36-24-14-25(37(4)5)22-12-21-13-23(26(17-39)38(6)7)34(3,27(40)15-28(35)41)33(44)29(21)32(43)30(22)31(24)42/h8-11,14,18,21,23,26,36,39,42-43H,12-13,15-17H2,1-7H3,(H2,35,41)/t21-,23-,26+,34-/m0/s1. The summed E-state index contributed by atoms with van der Waals surface area (Å²) in [5.41, 5.74) is 7.97. The number of allylic oxidation sites excluding steroid dienone is 1. The highest BCUT2D eigenvalue weighted by molar-refractivity contribution is 6.20. The molecule has 1 fully saturated rings. The number of hydrogen-bond acceptors (Lipinski definition) is 9. The number of carbonyl (C=O) groups excluding carboxylic acids is 3. The molecule has 0 unspecified atom stereocenters. The number of nitrogens with one attached hydrogen (secondary N) is 1. The summed E-state index contributed by atoms with van der Waals surface area (Å²) in [7, 11) is 7.27. The number of nitrogens with zero attached hydrogens (tertiary/aromatic N) is 2. The fraction of sp³-hybridized carbons (Fsp3) is 0.500. The van der Waals surface area contributed by atoms with Crippen LogP contribution in [0, 0.1) is 17.3 Å². The van der Waals surface area contributed by atoms with Crippen LogP contribution in [0.1, 0.15) is 61.8 Å². The first-order valence-electron chi connectivity index (χ1n) is 15.1. The van der Waals surface area contributed by atoms with Crippen molar-refractivity contribution in [1.82, 2.24) is 4.90 Å². The first kappa shape index (κ1) is 33.0. The summed E-state index contributed by atoms with van der Waals surface area (Å²) < 4.78 is 0. The zero-order valence-electron chi connectivity index (χ0n) is 26.8. The third-order valence-corrected chi connectivity index (χ3v) is 9.57. The van der Waals surface area contributed by atoms with E-state index in [4.69, 9.17) is 5.73 Å². The van der Waals surface area contributed by atoms with E-state index in [1.165, 1.54) is 12.5 Å². The van der Waals surface area contributed by atoms with E-state index in [1.807, 2.05) is 37.2 Å². The molecule has 0 saturated heterocycles. The molecule has 0 radical (unpaired) electrons. The Labute approximate surface area is 259 Å². The number of rotatable bonds is 11. The van der Waals surface area contributed by atoms with E-state index in [9.17, 15) is 29.7 Å². The molecule has 0 aromatic heterocycles. The first-order chi connectivity index (χ1) is 20.6. The van der Waals surface area contributed by atoms with Crippen LogP contribution in [0.25, 0.3) is 5.76 Å². The highest BCUT2D eigenvalue weighted by atomic mass is 16.3. The third-order valence-electron chi connectivity index (χ3n) is 9.57. The maximum absolute atomic E-state index is 14.4. The second-order valence-corrected chi connectivity index (χ2v) is 13.1. The van der Waals surface area contributed by atoms with E-state index in [0.717, 1.165) is 11.3 Å². The van der Waals surface area contributed by atoms with Crippen molar-refractivity contribution in [2.45, 2.75) is 58.5 Å². The zero-order valence-corrected chi connectivity index (χ0v) is 26.8. The van der Waals surface area contributed by atoms with Gasteiger partial charge >= 0.3 is 0 Å². The van der Waals surface area contributed by atoms with Gasteiger partial charge in [0.05, 0.1) is 29.7 Å². The second-order valence-electron chi connectivity index (χ2n) is 13.1. The van der Waals surface area contributed by atoms with Gasteiger partial charge in [0.25, 0.3) is 0 Å². The van der Waals surface area contributed by atoms with Crippen LogP contribution in [0.2, 0.25) is 0 Å². The number of fused-ring (bicyclic) bond motifs is 2. The lowest BCUT2D eigenvalue weighted by Crippen LogP contribution is -2.58. The van der Waals surface area contributed by atoms with Crippen LogP contribution in [-0.2, 0) is 27.3 Å². The predicted octanol–water partition coefficient (Wildman–Crippen LogP) is 3.60. The number of Topliss-reactive ketones (excluding diaryl/α,β-unsaturated/α-hetero) is 2. The number of amides is 1. The Morgan fingerprint density at radius 2 is 1.75 bits per heavy atom. The maximum atomic E-state index is 14.4. The van der Waals surface area contributed by atoms with Gasteiger partial charge in [-0.05, 0) is 74.4 Å². The van der Waals surface area contributed by atoms with Crippen LogP contribution in [0.4, 0.5) is 11.4 Å². The quantitative estimate of drug-likeness (QED) is 0.191. The number of ketones is 2. The van der Waals surface area contributed by atoms with Crippen LogP contribution in [-0.4, -0.2) is 78.5 Å². The van der Waals surface area contributed by atoms with Crippen LogP contribution in [0.3, 0.4) is 0 Å². The van der Waals surface area contributed by atoms with E-state index in [-0.39, 0.29) is 29.3 Å². The number of likely N-dealkylation sites (N-methyl/N-ethyl adjacent to an activating group) is 1. The monoisotopic (exact) mass is 606 g/mol. The Morgan fingerprint density at radius 1 is 1.11 bits per heavy atom. The highest BCUT2D eigenvalue weighted by Crippen LogP contribution is 2.54. The zero-order chi connectivity index (χ0) is 32.7. The molecule has 4 atom stereocenters. The minimum absolute atomic E-state index is 0.0611. The number of benzene rings is 2. The Hall–Kier alpha value is -3.89. The van der Waals surface area contributed by atoms with Gasteiger partial charge in [0.1, 0.15) is 11.5 Å². The van der Waals surface area contributed by atoms with E-state index in [0.29, 0.717) is 36.6 Å². The van der Waals surface area contributed by atoms with Crippen molar-refractivity contribution in [3.63, 3.8) is 0 Å². The van der Waals surface area contributed by atoms with Crippen LogP contribution in [0.15, 0.2) is 35.9 Å². The van der Waals surface area contributed by atoms with Gasteiger partial charge in [0.2, 0.25) is 5.91 Å². The molecule has 10 nitrogen and oxygen atoms in total. The Bertz CT molecular complexity index is 1480. The molecule has 238 valence electrons. The van der Waals surface area contributed by atoms with Gasteiger partial charge in [-0.1, -0.05) is 38.1 Å². The smallest absolute Gasteiger partial charge is 0.224 e. The second kappa shape index (κ2) is 12.6. The molecule has 2 aliphatic rings. The number of hydrogen-bond donors (Lipinski definition) is 5. The maximum Gasteiger partial charge on any atom is 0.224 e. The molecule has 44 heavy (non-hydrogen) atoms. The number of anilines is 2. The number of phenolic OH excluding ortho intramolecular Hbond substituents is 1. The van der Waals surface area contributed by atoms with Crippen LogP contribution >= 0.6 is 0 Å². The van der Waals surface area contributed by atoms with Gasteiger partial charge in [-0.2, -0.15) is 0 Å². The van der Waals surface area contributed by atoms with E-state index in [1.54, 1.807) is 19.0 Å². The summed E-state index contributed by atoms with van der Waals surface area (Å²) in [5.74, 6) is -3.38. The fourth-order valence-corrected chi connectivity index (χ4v) is 6.94. The normalized spacial score (nSPS) is 22.1. The number of aromatic hydroxyl groups is 1. The molecule has 0 spiro atoms. The number of aliphatic hydroxyl groups excluding tert-OH is 2. The van der Waals surface area contributed by atoms with Crippen molar-refractivity contribution in [1.29, 1.82) is 0 Å². The highest BCUT2D eigenvalue weighted by Gasteiger charge is 2.58. The van der Waals surface area contributed by atoms with Gasteiger partial charge in [-0.25, -0.2) is 0 Å². The lowest BCUT2D eigenvalue weighted by Gasteiger charge is -2.49. The van der Waals surface area contributed by atoms with Crippen LogP contribution in [0.5, 0.6) is 5.75 Å². The summed E-state index contributed by atoms with van der Waals surface area (Å²) in [4.78, 5) is 43.4. The molecule has 1 amide bonds. The first-order valence-corrected chi connectivity index (χ1v) is 15.1. The van der Waals surface area contributed by atoms with Gasteiger partial charge in [0, 0.05) is 37.9 Å². The molecular formula is C34H46N4O6. The minimum atomic E-state index is -1.72. The van der Waals surface area contributed by atoms with Crippen molar-refractivity contribution >= 4 is 34.6 Å². The molecule has 10 heteroatoms. The largest absolute Gasteiger partial charge is 0.507 e.